The van der Waals surface area contributed by atoms with Gasteiger partial charge < -0.3 is 10.2 Å². The fraction of sp³-hybridized carbons (Fsp3) is 0.588. The molecule has 0 spiro atoms. The minimum Gasteiger partial charge on any atom is -0.384 e. The molecule has 1 heterocycles. The zero-order valence-corrected chi connectivity index (χ0v) is 12.9. The van der Waals surface area contributed by atoms with Crippen molar-refractivity contribution in [2.24, 2.45) is 5.92 Å². The molecule has 2 atom stereocenters. The van der Waals surface area contributed by atoms with Crippen LogP contribution in [0.25, 0.3) is 0 Å². The highest BCUT2D eigenvalue weighted by molar-refractivity contribution is 5.99. The molecule has 1 amide bonds. The van der Waals surface area contributed by atoms with Crippen molar-refractivity contribution in [3.63, 3.8) is 0 Å². The Morgan fingerprint density at radius 3 is 2.80 bits per heavy atom. The molecule has 110 valence electrons. The Labute approximate surface area is 122 Å². The molecule has 0 saturated carbocycles. The standard InChI is InChI=1S/C17H26N2O/c1-4-10-18-16-8-6-5-7-15(16)17(20)19-11-9-13(2)12-14(19)3/h5-8,13-14,18H,4,9-12H2,1-3H3. The summed E-state index contributed by atoms with van der Waals surface area (Å²) in [6.07, 6.45) is 3.27. The van der Waals surface area contributed by atoms with Gasteiger partial charge in [-0.3, -0.25) is 4.79 Å². The molecule has 3 nitrogen and oxygen atoms in total. The molecule has 1 aromatic rings. The van der Waals surface area contributed by atoms with Gasteiger partial charge in [0.25, 0.3) is 5.91 Å². The van der Waals surface area contributed by atoms with Crippen LogP contribution in [0.5, 0.6) is 0 Å². The Bertz CT molecular complexity index is 458. The molecule has 1 saturated heterocycles. The van der Waals surface area contributed by atoms with Crippen molar-refractivity contribution < 1.29 is 4.79 Å². The van der Waals surface area contributed by atoms with Gasteiger partial charge in [-0.25, -0.2) is 0 Å². The summed E-state index contributed by atoms with van der Waals surface area (Å²) in [6.45, 7) is 8.34. The topological polar surface area (TPSA) is 32.3 Å². The van der Waals surface area contributed by atoms with Gasteiger partial charge in [0.1, 0.15) is 0 Å². The van der Waals surface area contributed by atoms with Crippen molar-refractivity contribution in [1.29, 1.82) is 0 Å². The first kappa shape index (κ1) is 14.9. The molecular formula is C17H26N2O. The quantitative estimate of drug-likeness (QED) is 0.906. The number of nitrogens with zero attached hydrogens (tertiary/aromatic N) is 1. The monoisotopic (exact) mass is 274 g/mol. The molecule has 1 aromatic carbocycles. The predicted octanol–water partition coefficient (Wildman–Crippen LogP) is 3.77. The molecule has 3 heteroatoms. The summed E-state index contributed by atoms with van der Waals surface area (Å²) >= 11 is 0. The van der Waals surface area contributed by atoms with E-state index in [0.717, 1.165) is 49.5 Å². The number of nitrogens with one attached hydrogen (secondary N) is 1. The molecule has 1 N–H and O–H groups in total. The van der Waals surface area contributed by atoms with Gasteiger partial charge in [-0.05, 0) is 44.2 Å². The van der Waals surface area contributed by atoms with Crippen LogP contribution >= 0.6 is 0 Å². The second-order valence-electron chi connectivity index (χ2n) is 5.95. The summed E-state index contributed by atoms with van der Waals surface area (Å²) in [5.74, 6) is 0.895. The van der Waals surface area contributed by atoms with E-state index in [1.54, 1.807) is 0 Å². The van der Waals surface area contributed by atoms with Gasteiger partial charge in [-0.1, -0.05) is 26.0 Å². The Morgan fingerprint density at radius 1 is 1.35 bits per heavy atom. The van der Waals surface area contributed by atoms with Crippen LogP contribution in [0.3, 0.4) is 0 Å². The van der Waals surface area contributed by atoms with Gasteiger partial charge in [0.05, 0.1) is 5.56 Å². The van der Waals surface area contributed by atoms with Crippen LogP contribution in [0.15, 0.2) is 24.3 Å². The zero-order chi connectivity index (χ0) is 14.5. The summed E-state index contributed by atoms with van der Waals surface area (Å²) in [5, 5.41) is 3.36. The van der Waals surface area contributed by atoms with Crippen LogP contribution in [-0.4, -0.2) is 29.9 Å². The van der Waals surface area contributed by atoms with Gasteiger partial charge in [-0.15, -0.1) is 0 Å². The van der Waals surface area contributed by atoms with E-state index < -0.39 is 0 Å². The van der Waals surface area contributed by atoms with E-state index in [1.165, 1.54) is 0 Å². The molecule has 20 heavy (non-hydrogen) atoms. The van der Waals surface area contributed by atoms with Gasteiger partial charge in [0, 0.05) is 24.8 Å². The average Bonchev–Trinajstić information content (AvgIpc) is 2.45. The summed E-state index contributed by atoms with van der Waals surface area (Å²) < 4.78 is 0. The molecule has 1 fully saturated rings. The normalized spacial score (nSPS) is 22.6. The van der Waals surface area contributed by atoms with Crippen LogP contribution in [0.4, 0.5) is 5.69 Å². The zero-order valence-electron chi connectivity index (χ0n) is 12.9. The summed E-state index contributed by atoms with van der Waals surface area (Å²) in [5.41, 5.74) is 1.77. The number of hydrogen-bond donors (Lipinski definition) is 1. The van der Waals surface area contributed by atoms with Crippen LogP contribution in [0.1, 0.15) is 50.4 Å². The molecule has 2 unspecified atom stereocenters. The highest BCUT2D eigenvalue weighted by Crippen LogP contribution is 2.26. The van der Waals surface area contributed by atoms with Crippen LogP contribution < -0.4 is 5.32 Å². The number of para-hydroxylation sites is 1. The summed E-state index contributed by atoms with van der Waals surface area (Å²) in [7, 11) is 0. The number of benzene rings is 1. The first-order valence-electron chi connectivity index (χ1n) is 7.77. The van der Waals surface area contributed by atoms with Crippen molar-refractivity contribution in [1.82, 2.24) is 4.90 Å². The second kappa shape index (κ2) is 6.78. The average molecular weight is 274 g/mol. The molecular weight excluding hydrogens is 248 g/mol. The number of hydrogen-bond acceptors (Lipinski definition) is 2. The van der Waals surface area contributed by atoms with Crippen molar-refractivity contribution >= 4 is 11.6 Å². The number of anilines is 1. The summed E-state index contributed by atoms with van der Waals surface area (Å²) in [4.78, 5) is 14.8. The van der Waals surface area contributed by atoms with Crippen molar-refractivity contribution in [3.8, 4) is 0 Å². The van der Waals surface area contributed by atoms with Crippen LogP contribution in [-0.2, 0) is 0 Å². The Hall–Kier alpha value is -1.51. The van der Waals surface area contributed by atoms with Crippen LogP contribution in [0, 0.1) is 5.92 Å². The van der Waals surface area contributed by atoms with E-state index in [2.05, 4.69) is 26.1 Å². The third-order valence-electron chi connectivity index (χ3n) is 4.12. The van der Waals surface area contributed by atoms with E-state index in [0.29, 0.717) is 6.04 Å². The lowest BCUT2D eigenvalue weighted by molar-refractivity contribution is 0.0589. The molecule has 0 aliphatic carbocycles. The number of carbonyl (C=O) groups is 1. The largest absolute Gasteiger partial charge is 0.384 e. The fourth-order valence-electron chi connectivity index (χ4n) is 2.95. The van der Waals surface area contributed by atoms with Gasteiger partial charge >= 0.3 is 0 Å². The number of piperidine rings is 1. The number of likely N-dealkylation sites (tertiary alicyclic amines) is 1. The number of carbonyl (C=O) groups excluding carboxylic acids is 1. The highest BCUT2D eigenvalue weighted by atomic mass is 16.2. The first-order valence-corrected chi connectivity index (χ1v) is 7.77. The van der Waals surface area contributed by atoms with Gasteiger partial charge in [0.15, 0.2) is 0 Å². The number of amides is 1. The van der Waals surface area contributed by atoms with E-state index in [1.807, 2.05) is 29.2 Å². The maximum Gasteiger partial charge on any atom is 0.256 e. The minimum atomic E-state index is 0.170. The lowest BCUT2D eigenvalue weighted by atomic mass is 9.92. The Balaban J connectivity index is 2.16. The molecule has 0 bridgehead atoms. The van der Waals surface area contributed by atoms with E-state index >= 15 is 0 Å². The maximum absolute atomic E-state index is 12.8. The third-order valence-corrected chi connectivity index (χ3v) is 4.12. The van der Waals surface area contributed by atoms with Crippen molar-refractivity contribution in [2.45, 2.75) is 46.1 Å². The summed E-state index contributed by atoms with van der Waals surface area (Å²) in [6, 6.07) is 8.20. The lowest BCUT2D eigenvalue weighted by Gasteiger charge is -2.37. The first-order chi connectivity index (χ1) is 9.63. The van der Waals surface area contributed by atoms with E-state index in [-0.39, 0.29) is 5.91 Å². The molecule has 0 aromatic heterocycles. The second-order valence-corrected chi connectivity index (χ2v) is 5.95. The predicted molar refractivity (Wildman–Crippen MR) is 84.1 cm³/mol. The highest BCUT2D eigenvalue weighted by Gasteiger charge is 2.28. The maximum atomic E-state index is 12.8. The SMILES string of the molecule is CCCNc1ccccc1C(=O)N1CCC(C)CC1C. The number of rotatable bonds is 4. The molecule has 1 aliphatic heterocycles. The smallest absolute Gasteiger partial charge is 0.256 e. The van der Waals surface area contributed by atoms with Gasteiger partial charge in [-0.2, -0.15) is 0 Å². The van der Waals surface area contributed by atoms with E-state index in [4.69, 9.17) is 0 Å². The fourth-order valence-corrected chi connectivity index (χ4v) is 2.95. The lowest BCUT2D eigenvalue weighted by Crippen LogP contribution is -2.44. The Kier molecular flexibility index (Phi) is 5.05. The van der Waals surface area contributed by atoms with Crippen LogP contribution in [0.2, 0.25) is 0 Å². The molecule has 0 radical (unpaired) electrons. The van der Waals surface area contributed by atoms with Crippen molar-refractivity contribution in [3.05, 3.63) is 29.8 Å². The van der Waals surface area contributed by atoms with Crippen molar-refractivity contribution in [2.75, 3.05) is 18.4 Å². The molecule has 1 aliphatic rings. The Morgan fingerprint density at radius 2 is 2.10 bits per heavy atom. The minimum absolute atomic E-state index is 0.170. The van der Waals surface area contributed by atoms with Gasteiger partial charge in [0.2, 0.25) is 0 Å². The molecule has 2 rings (SSSR count). The van der Waals surface area contributed by atoms with E-state index in [9.17, 15) is 4.79 Å². The third kappa shape index (κ3) is 3.33.